The van der Waals surface area contributed by atoms with Gasteiger partial charge in [-0.05, 0) is 24.8 Å². The molecule has 9 heteroatoms. The highest BCUT2D eigenvalue weighted by Crippen LogP contribution is 2.17. The molecule has 2 aliphatic heterocycles. The Morgan fingerprint density at radius 3 is 2.84 bits per heavy atom. The first-order valence-electron chi connectivity index (χ1n) is 11.0. The number of aromatic nitrogens is 2. The third-order valence-electron chi connectivity index (χ3n) is 5.46. The van der Waals surface area contributed by atoms with Crippen LogP contribution in [0.1, 0.15) is 36.9 Å². The van der Waals surface area contributed by atoms with Crippen LogP contribution in [0.4, 0.5) is 10.2 Å². The number of carbonyl (C=O) groups is 1. The van der Waals surface area contributed by atoms with Crippen LogP contribution in [0.3, 0.4) is 0 Å². The van der Waals surface area contributed by atoms with Crippen LogP contribution in [0.15, 0.2) is 48.6 Å². The molecule has 2 aromatic rings. The molecule has 2 fully saturated rings. The van der Waals surface area contributed by atoms with E-state index in [0.717, 1.165) is 45.0 Å². The Morgan fingerprint density at radius 2 is 2.09 bits per heavy atom. The minimum absolute atomic E-state index is 0.245. The number of nitrogens with zero attached hydrogens (tertiary/aromatic N) is 3. The summed E-state index contributed by atoms with van der Waals surface area (Å²) in [5.41, 5.74) is 3.62. The van der Waals surface area contributed by atoms with Gasteiger partial charge in [0, 0.05) is 44.8 Å². The second kappa shape index (κ2) is 11.1. The van der Waals surface area contributed by atoms with Crippen LogP contribution in [-0.4, -0.2) is 52.8 Å². The van der Waals surface area contributed by atoms with Crippen molar-refractivity contribution >= 4 is 17.8 Å². The Bertz CT molecular complexity index is 904. The monoisotopic (exact) mass is 441 g/mol. The van der Waals surface area contributed by atoms with Crippen molar-refractivity contribution in [3.8, 4) is 0 Å². The standard InChI is InChI=1S/C23H28FN5O3/c24-20(23(30)28-32-22-8-4-5-11-31-22)12-19-13-26-21(14-25-19)27-18-9-10-29(16-18)15-17-6-2-1-3-7-17/h1-3,6-7,12-14,18,22H,4-5,8-11,15-16H2,(H,26,27)(H,28,30)/b20-12+/t18-,22?/m1/s1. The molecule has 0 saturated carbocycles. The van der Waals surface area contributed by atoms with Crippen LogP contribution in [0.5, 0.6) is 0 Å². The van der Waals surface area contributed by atoms with Crippen LogP contribution in [0.2, 0.25) is 0 Å². The molecule has 4 rings (SSSR count). The van der Waals surface area contributed by atoms with Crippen molar-refractivity contribution in [2.75, 3.05) is 25.0 Å². The predicted molar refractivity (Wildman–Crippen MR) is 118 cm³/mol. The first kappa shape index (κ1) is 22.3. The molecule has 1 aromatic carbocycles. The fraction of sp³-hybridized carbons (Fsp3) is 0.435. The highest BCUT2D eigenvalue weighted by atomic mass is 19.1. The molecule has 2 N–H and O–H groups in total. The van der Waals surface area contributed by atoms with Crippen LogP contribution in [-0.2, 0) is 20.9 Å². The topological polar surface area (TPSA) is 88.6 Å². The number of likely N-dealkylation sites (tertiary alicyclic amines) is 1. The summed E-state index contributed by atoms with van der Waals surface area (Å²) < 4.78 is 19.4. The number of amides is 1. The van der Waals surface area contributed by atoms with Crippen molar-refractivity contribution in [2.45, 2.75) is 44.6 Å². The van der Waals surface area contributed by atoms with E-state index >= 15 is 0 Å². The van der Waals surface area contributed by atoms with Gasteiger partial charge in [-0.1, -0.05) is 30.3 Å². The highest BCUT2D eigenvalue weighted by Gasteiger charge is 2.22. The Balaban J connectivity index is 1.23. The lowest BCUT2D eigenvalue weighted by atomic mass is 10.2. The molecule has 0 radical (unpaired) electrons. The summed E-state index contributed by atoms with van der Waals surface area (Å²) in [5.74, 6) is -1.37. The third kappa shape index (κ3) is 6.56. The van der Waals surface area contributed by atoms with E-state index in [1.54, 1.807) is 6.20 Å². The van der Waals surface area contributed by atoms with Gasteiger partial charge in [-0.3, -0.25) is 14.7 Å². The van der Waals surface area contributed by atoms with Crippen molar-refractivity contribution in [1.82, 2.24) is 20.3 Å². The van der Waals surface area contributed by atoms with Gasteiger partial charge in [-0.15, -0.1) is 0 Å². The molecule has 8 nitrogen and oxygen atoms in total. The number of ether oxygens (including phenoxy) is 1. The summed E-state index contributed by atoms with van der Waals surface area (Å²) in [7, 11) is 0. The zero-order chi connectivity index (χ0) is 22.2. The summed E-state index contributed by atoms with van der Waals surface area (Å²) in [4.78, 5) is 27.8. The lowest BCUT2D eigenvalue weighted by Crippen LogP contribution is -2.33. The number of hydroxylamine groups is 1. The van der Waals surface area contributed by atoms with E-state index in [1.165, 1.54) is 11.8 Å². The number of hydrogen-bond donors (Lipinski definition) is 2. The van der Waals surface area contributed by atoms with E-state index in [2.05, 4.69) is 49.9 Å². The van der Waals surface area contributed by atoms with Gasteiger partial charge in [0.1, 0.15) is 5.82 Å². The molecule has 1 amide bonds. The average molecular weight is 442 g/mol. The first-order valence-corrected chi connectivity index (χ1v) is 11.0. The fourth-order valence-electron chi connectivity index (χ4n) is 3.80. The van der Waals surface area contributed by atoms with E-state index < -0.39 is 18.0 Å². The normalized spacial score (nSPS) is 22.0. The average Bonchev–Trinajstić information content (AvgIpc) is 3.26. The second-order valence-corrected chi connectivity index (χ2v) is 8.01. The van der Waals surface area contributed by atoms with Crippen molar-refractivity contribution in [3.05, 3.63) is 59.8 Å². The molecule has 2 aliphatic rings. The largest absolute Gasteiger partial charge is 0.365 e. The van der Waals surface area contributed by atoms with Crippen LogP contribution < -0.4 is 10.8 Å². The van der Waals surface area contributed by atoms with E-state index in [-0.39, 0.29) is 11.7 Å². The zero-order valence-electron chi connectivity index (χ0n) is 17.9. The molecule has 1 unspecified atom stereocenters. The first-order chi connectivity index (χ1) is 15.7. The van der Waals surface area contributed by atoms with E-state index in [4.69, 9.17) is 9.57 Å². The van der Waals surface area contributed by atoms with Crippen molar-refractivity contribution in [1.29, 1.82) is 0 Å². The molecular weight excluding hydrogens is 413 g/mol. The summed E-state index contributed by atoms with van der Waals surface area (Å²) in [6.45, 7) is 3.42. The number of anilines is 1. The lowest BCUT2D eigenvalue weighted by molar-refractivity contribution is -0.199. The summed E-state index contributed by atoms with van der Waals surface area (Å²) in [6.07, 6.45) is 7.03. The minimum atomic E-state index is -1.01. The van der Waals surface area contributed by atoms with Gasteiger partial charge in [0.05, 0.1) is 18.1 Å². The number of rotatable bonds is 8. The van der Waals surface area contributed by atoms with Gasteiger partial charge in [0.25, 0.3) is 0 Å². The van der Waals surface area contributed by atoms with Crippen molar-refractivity contribution in [2.24, 2.45) is 0 Å². The van der Waals surface area contributed by atoms with Crippen molar-refractivity contribution in [3.63, 3.8) is 0 Å². The Hall–Kier alpha value is -2.88. The Morgan fingerprint density at radius 1 is 1.22 bits per heavy atom. The van der Waals surface area contributed by atoms with Gasteiger partial charge < -0.3 is 10.1 Å². The highest BCUT2D eigenvalue weighted by molar-refractivity contribution is 5.94. The number of halogens is 1. The van der Waals surface area contributed by atoms with E-state index in [1.807, 2.05) is 6.07 Å². The summed E-state index contributed by atoms with van der Waals surface area (Å²) in [5, 5.41) is 3.37. The van der Waals surface area contributed by atoms with E-state index in [9.17, 15) is 9.18 Å². The molecule has 170 valence electrons. The number of hydrogen-bond acceptors (Lipinski definition) is 7. The van der Waals surface area contributed by atoms with Gasteiger partial charge >= 0.3 is 5.91 Å². The fourth-order valence-corrected chi connectivity index (χ4v) is 3.80. The van der Waals surface area contributed by atoms with Crippen LogP contribution in [0.25, 0.3) is 6.08 Å². The van der Waals surface area contributed by atoms with Gasteiger partial charge in [-0.25, -0.2) is 19.7 Å². The number of nitrogens with one attached hydrogen (secondary N) is 2. The number of benzene rings is 1. The molecule has 3 heterocycles. The molecule has 1 aromatic heterocycles. The van der Waals surface area contributed by atoms with Crippen molar-refractivity contribution < 1.29 is 18.8 Å². The van der Waals surface area contributed by atoms with Gasteiger partial charge in [0.2, 0.25) is 0 Å². The number of carbonyl (C=O) groups excluding carboxylic acids is 1. The van der Waals surface area contributed by atoms with Crippen LogP contribution in [0, 0.1) is 0 Å². The Labute approximate surface area is 186 Å². The maximum Gasteiger partial charge on any atom is 0.303 e. The van der Waals surface area contributed by atoms with Gasteiger partial charge in [-0.2, -0.15) is 0 Å². The molecular formula is C23H28FN5O3. The molecule has 2 atom stereocenters. The summed E-state index contributed by atoms with van der Waals surface area (Å²) in [6, 6.07) is 10.7. The smallest absolute Gasteiger partial charge is 0.303 e. The quantitative estimate of drug-likeness (QED) is 0.481. The predicted octanol–water partition coefficient (Wildman–Crippen LogP) is 3.05. The minimum Gasteiger partial charge on any atom is -0.365 e. The SMILES string of the molecule is O=C(NOC1CCCCO1)/C(F)=C\c1cnc(N[C@@H]2CCN(Cc3ccccc3)C2)cn1. The molecule has 32 heavy (non-hydrogen) atoms. The third-order valence-corrected chi connectivity index (χ3v) is 5.46. The van der Waals surface area contributed by atoms with E-state index in [0.29, 0.717) is 18.8 Å². The Kier molecular flexibility index (Phi) is 7.76. The van der Waals surface area contributed by atoms with Crippen LogP contribution >= 0.6 is 0 Å². The maximum atomic E-state index is 14.1. The molecule has 0 spiro atoms. The lowest BCUT2D eigenvalue weighted by Gasteiger charge is -2.21. The second-order valence-electron chi connectivity index (χ2n) is 8.01. The molecule has 0 aliphatic carbocycles. The maximum absolute atomic E-state index is 14.1. The molecule has 2 saturated heterocycles. The van der Waals surface area contributed by atoms with Gasteiger partial charge in [0.15, 0.2) is 12.1 Å². The molecule has 0 bridgehead atoms. The summed E-state index contributed by atoms with van der Waals surface area (Å²) >= 11 is 0. The zero-order valence-corrected chi connectivity index (χ0v) is 17.9.